The lowest BCUT2D eigenvalue weighted by atomic mass is 10.2. The summed E-state index contributed by atoms with van der Waals surface area (Å²) in [5, 5.41) is 0. The Bertz CT molecular complexity index is 574. The number of nitrogens with zero attached hydrogens (tertiary/aromatic N) is 1. The van der Waals surface area contributed by atoms with Gasteiger partial charge in [-0.25, -0.2) is 8.42 Å². The fourth-order valence-electron chi connectivity index (χ4n) is 2.66. The number of sulfonamides is 1. The molecule has 0 aliphatic carbocycles. The zero-order valence-electron chi connectivity index (χ0n) is 11.1. The molecule has 1 aliphatic heterocycles. The Morgan fingerprint density at radius 1 is 1.42 bits per heavy atom. The van der Waals surface area contributed by atoms with Crippen LogP contribution in [0.3, 0.4) is 0 Å². The first-order chi connectivity index (χ1) is 8.87. The van der Waals surface area contributed by atoms with E-state index in [1.165, 1.54) is 0 Å². The van der Waals surface area contributed by atoms with Crippen LogP contribution in [0.15, 0.2) is 27.6 Å². The lowest BCUT2D eigenvalue weighted by Crippen LogP contribution is -2.39. The second kappa shape index (κ2) is 5.42. The van der Waals surface area contributed by atoms with Crippen LogP contribution >= 0.6 is 15.9 Å². The Kier molecular flexibility index (Phi) is 4.23. The summed E-state index contributed by atoms with van der Waals surface area (Å²) < 4.78 is 27.8. The first kappa shape index (κ1) is 14.8. The van der Waals surface area contributed by atoms with E-state index in [0.29, 0.717) is 15.1 Å². The minimum atomic E-state index is -3.44. The van der Waals surface area contributed by atoms with Crippen molar-refractivity contribution >= 4 is 31.6 Å². The number of nitrogens with two attached hydrogens (primary N) is 1. The largest absolute Gasteiger partial charge is 0.398 e. The smallest absolute Gasteiger partial charge is 0.243 e. The van der Waals surface area contributed by atoms with Crippen LogP contribution in [0.4, 0.5) is 5.69 Å². The van der Waals surface area contributed by atoms with E-state index in [-0.39, 0.29) is 12.1 Å². The van der Waals surface area contributed by atoms with Gasteiger partial charge in [0.1, 0.15) is 0 Å². The quantitative estimate of drug-likeness (QED) is 0.855. The number of halogens is 1. The number of nitrogen functional groups attached to an aromatic ring is 1. The molecular formula is C13H19BrN2O2S. The van der Waals surface area contributed by atoms with Crippen LogP contribution < -0.4 is 5.73 Å². The highest BCUT2D eigenvalue weighted by Crippen LogP contribution is 2.33. The number of benzene rings is 1. The Labute approximate surface area is 123 Å². The van der Waals surface area contributed by atoms with Crippen LogP contribution in [0.5, 0.6) is 0 Å². The van der Waals surface area contributed by atoms with Crippen molar-refractivity contribution in [3.8, 4) is 0 Å². The topological polar surface area (TPSA) is 63.4 Å². The molecule has 1 aromatic carbocycles. The van der Waals surface area contributed by atoms with Crippen LogP contribution in [0.1, 0.15) is 33.1 Å². The third-order valence-corrected chi connectivity index (χ3v) is 6.48. The molecule has 0 radical (unpaired) electrons. The lowest BCUT2D eigenvalue weighted by Gasteiger charge is -2.27. The van der Waals surface area contributed by atoms with Crippen molar-refractivity contribution in [2.75, 3.05) is 5.73 Å². The Morgan fingerprint density at radius 2 is 2.11 bits per heavy atom. The molecule has 0 amide bonds. The van der Waals surface area contributed by atoms with Crippen LogP contribution in [0, 0.1) is 0 Å². The van der Waals surface area contributed by atoms with E-state index in [9.17, 15) is 8.42 Å². The van der Waals surface area contributed by atoms with Gasteiger partial charge in [-0.15, -0.1) is 0 Å². The molecule has 1 heterocycles. The van der Waals surface area contributed by atoms with E-state index in [4.69, 9.17) is 5.73 Å². The van der Waals surface area contributed by atoms with Crippen LogP contribution in [0.25, 0.3) is 0 Å². The zero-order chi connectivity index (χ0) is 14.2. The number of hydrogen-bond donors (Lipinski definition) is 1. The molecule has 1 aliphatic rings. The van der Waals surface area contributed by atoms with Crippen molar-refractivity contribution in [3.05, 3.63) is 22.7 Å². The number of hydrogen-bond acceptors (Lipinski definition) is 3. The first-order valence-electron chi connectivity index (χ1n) is 6.46. The molecule has 0 aromatic heterocycles. The fraction of sp³-hybridized carbons (Fsp3) is 0.538. The van der Waals surface area contributed by atoms with Crippen molar-refractivity contribution in [2.45, 2.75) is 50.1 Å². The summed E-state index contributed by atoms with van der Waals surface area (Å²) in [4.78, 5) is 0.306. The zero-order valence-corrected chi connectivity index (χ0v) is 13.5. The fourth-order valence-corrected chi connectivity index (χ4v) is 5.16. The molecule has 2 N–H and O–H groups in total. The van der Waals surface area contributed by atoms with E-state index < -0.39 is 10.0 Å². The lowest BCUT2D eigenvalue weighted by molar-refractivity contribution is 0.328. The normalized spacial score (nSPS) is 24.8. The third-order valence-electron chi connectivity index (χ3n) is 3.73. The van der Waals surface area contributed by atoms with Crippen molar-refractivity contribution in [1.29, 1.82) is 0 Å². The molecule has 2 atom stereocenters. The van der Waals surface area contributed by atoms with Gasteiger partial charge in [-0.05, 0) is 60.3 Å². The maximum atomic E-state index is 12.7. The Hall–Kier alpha value is -0.590. The van der Waals surface area contributed by atoms with Gasteiger partial charge in [0.2, 0.25) is 10.0 Å². The Morgan fingerprint density at radius 3 is 2.68 bits per heavy atom. The second-order valence-corrected chi connectivity index (χ2v) is 7.70. The van der Waals surface area contributed by atoms with Gasteiger partial charge in [-0.1, -0.05) is 6.92 Å². The van der Waals surface area contributed by atoms with Gasteiger partial charge in [-0.2, -0.15) is 4.31 Å². The van der Waals surface area contributed by atoms with Crippen LogP contribution in [0.2, 0.25) is 0 Å². The van der Waals surface area contributed by atoms with Crippen molar-refractivity contribution in [3.63, 3.8) is 0 Å². The highest BCUT2D eigenvalue weighted by atomic mass is 79.9. The third kappa shape index (κ3) is 2.66. The maximum absolute atomic E-state index is 12.7. The first-order valence-corrected chi connectivity index (χ1v) is 8.69. The predicted molar refractivity (Wildman–Crippen MR) is 80.4 cm³/mol. The van der Waals surface area contributed by atoms with Crippen molar-refractivity contribution < 1.29 is 8.42 Å². The van der Waals surface area contributed by atoms with E-state index in [2.05, 4.69) is 15.9 Å². The SMILES string of the molecule is CCC1CCC(C)N1S(=O)(=O)c1ccc(N)c(Br)c1. The summed E-state index contributed by atoms with van der Waals surface area (Å²) in [5.74, 6) is 0. The summed E-state index contributed by atoms with van der Waals surface area (Å²) >= 11 is 3.29. The van der Waals surface area contributed by atoms with E-state index >= 15 is 0 Å². The molecule has 1 fully saturated rings. The molecule has 6 heteroatoms. The summed E-state index contributed by atoms with van der Waals surface area (Å²) in [7, 11) is -3.44. The molecule has 0 saturated carbocycles. The summed E-state index contributed by atoms with van der Waals surface area (Å²) in [6.07, 6.45) is 2.71. The average molecular weight is 347 g/mol. The molecule has 19 heavy (non-hydrogen) atoms. The van der Waals surface area contributed by atoms with Gasteiger partial charge >= 0.3 is 0 Å². The maximum Gasteiger partial charge on any atom is 0.243 e. The van der Waals surface area contributed by atoms with Gasteiger partial charge in [0.25, 0.3) is 0 Å². The molecule has 0 spiro atoms. The Balaban J connectivity index is 2.43. The van der Waals surface area contributed by atoms with Gasteiger partial charge in [0.15, 0.2) is 0 Å². The van der Waals surface area contributed by atoms with Crippen LogP contribution in [-0.2, 0) is 10.0 Å². The van der Waals surface area contributed by atoms with Gasteiger partial charge in [-0.3, -0.25) is 0 Å². The standard InChI is InChI=1S/C13H19BrN2O2S/c1-3-10-5-4-9(2)16(10)19(17,18)11-6-7-13(15)12(14)8-11/h6-10H,3-5,15H2,1-2H3. The summed E-state index contributed by atoms with van der Waals surface area (Å²) in [5.41, 5.74) is 6.25. The average Bonchev–Trinajstić information content (AvgIpc) is 2.74. The summed E-state index contributed by atoms with van der Waals surface area (Å²) in [6.45, 7) is 4.00. The minimum Gasteiger partial charge on any atom is -0.398 e. The molecule has 2 unspecified atom stereocenters. The molecule has 1 saturated heterocycles. The van der Waals surface area contributed by atoms with E-state index in [0.717, 1.165) is 19.3 Å². The highest BCUT2D eigenvalue weighted by molar-refractivity contribution is 9.10. The molecule has 0 bridgehead atoms. The number of anilines is 1. The van der Waals surface area contributed by atoms with E-state index in [1.54, 1.807) is 22.5 Å². The van der Waals surface area contributed by atoms with Gasteiger partial charge in [0.05, 0.1) is 4.90 Å². The highest BCUT2D eigenvalue weighted by Gasteiger charge is 2.39. The molecule has 1 aromatic rings. The van der Waals surface area contributed by atoms with Gasteiger partial charge < -0.3 is 5.73 Å². The van der Waals surface area contributed by atoms with Crippen molar-refractivity contribution in [2.24, 2.45) is 0 Å². The number of rotatable bonds is 3. The predicted octanol–water partition coefficient (Wildman–Crippen LogP) is 2.98. The van der Waals surface area contributed by atoms with Gasteiger partial charge in [0, 0.05) is 22.2 Å². The molecule has 4 nitrogen and oxygen atoms in total. The molecular weight excluding hydrogens is 328 g/mol. The monoisotopic (exact) mass is 346 g/mol. The van der Waals surface area contributed by atoms with Crippen molar-refractivity contribution in [1.82, 2.24) is 4.31 Å². The summed E-state index contributed by atoms with van der Waals surface area (Å²) in [6, 6.07) is 4.96. The minimum absolute atomic E-state index is 0.0614. The molecule has 106 valence electrons. The van der Waals surface area contributed by atoms with E-state index in [1.807, 2.05) is 13.8 Å². The van der Waals surface area contributed by atoms with Crippen LogP contribution in [-0.4, -0.2) is 24.8 Å². The molecule has 2 rings (SSSR count). The second-order valence-electron chi connectivity index (χ2n) is 5.01.